The van der Waals surface area contributed by atoms with Crippen LogP contribution in [0.25, 0.3) is 5.69 Å². The summed E-state index contributed by atoms with van der Waals surface area (Å²) < 4.78 is 1.83. The van der Waals surface area contributed by atoms with E-state index in [2.05, 4.69) is 11.3 Å². The number of carbonyl (C=O) groups is 1. The summed E-state index contributed by atoms with van der Waals surface area (Å²) in [5.41, 5.74) is 2.92. The van der Waals surface area contributed by atoms with Gasteiger partial charge in [-0.3, -0.25) is 4.79 Å². The molecule has 0 N–H and O–H groups in total. The highest BCUT2D eigenvalue weighted by atomic mass is 16.1. The summed E-state index contributed by atoms with van der Waals surface area (Å²) in [5.74, 6) is 0.711. The first-order valence-corrected chi connectivity index (χ1v) is 5.47. The maximum absolute atomic E-state index is 10.7. The van der Waals surface area contributed by atoms with Gasteiger partial charge in [0.15, 0.2) is 0 Å². The zero-order valence-corrected chi connectivity index (χ0v) is 8.84. The highest BCUT2D eigenvalue weighted by Crippen LogP contribution is 2.39. The molecule has 1 aromatic heterocycles. The van der Waals surface area contributed by atoms with Crippen LogP contribution in [0.4, 0.5) is 0 Å². The number of hydrogen-bond donors (Lipinski definition) is 0. The molecule has 3 nitrogen and oxygen atoms in total. The second kappa shape index (κ2) is 3.59. The molecule has 0 aliphatic heterocycles. The van der Waals surface area contributed by atoms with E-state index in [1.807, 2.05) is 29.1 Å². The van der Waals surface area contributed by atoms with Crippen LogP contribution in [0.1, 0.15) is 34.7 Å². The maximum atomic E-state index is 10.7. The monoisotopic (exact) mass is 212 g/mol. The minimum absolute atomic E-state index is 0.681. The Morgan fingerprint density at radius 3 is 3.00 bits per heavy atom. The largest absolute Gasteiger partial charge is 0.298 e. The average molecular weight is 212 g/mol. The molecule has 1 aliphatic carbocycles. The summed E-state index contributed by atoms with van der Waals surface area (Å²) in [5, 5.41) is 4.32. The van der Waals surface area contributed by atoms with Crippen LogP contribution in [0, 0.1) is 0 Å². The Bertz CT molecular complexity index is 526. The zero-order chi connectivity index (χ0) is 11.0. The molecule has 0 radical (unpaired) electrons. The van der Waals surface area contributed by atoms with E-state index in [1.54, 1.807) is 6.07 Å². The first kappa shape index (κ1) is 9.33. The van der Waals surface area contributed by atoms with Gasteiger partial charge < -0.3 is 0 Å². The van der Waals surface area contributed by atoms with Crippen molar-refractivity contribution in [2.24, 2.45) is 0 Å². The van der Waals surface area contributed by atoms with Crippen molar-refractivity contribution in [3.8, 4) is 5.69 Å². The van der Waals surface area contributed by atoms with Crippen LogP contribution in [-0.4, -0.2) is 16.1 Å². The van der Waals surface area contributed by atoms with Crippen molar-refractivity contribution >= 4 is 6.29 Å². The lowest BCUT2D eigenvalue weighted by Crippen LogP contribution is -1.94. The predicted octanol–water partition coefficient (Wildman–Crippen LogP) is 2.56. The lowest BCUT2D eigenvalue weighted by Gasteiger charge is -2.00. The molecule has 0 bridgehead atoms. The van der Waals surface area contributed by atoms with E-state index in [9.17, 15) is 4.79 Å². The van der Waals surface area contributed by atoms with E-state index < -0.39 is 0 Å². The van der Waals surface area contributed by atoms with Crippen LogP contribution in [0.3, 0.4) is 0 Å². The molecule has 0 amide bonds. The van der Waals surface area contributed by atoms with E-state index >= 15 is 0 Å². The van der Waals surface area contributed by atoms with Crippen LogP contribution in [0.15, 0.2) is 36.7 Å². The molecule has 1 heterocycles. The fraction of sp³-hybridized carbons (Fsp3) is 0.231. The highest BCUT2D eigenvalue weighted by Gasteiger charge is 2.24. The van der Waals surface area contributed by atoms with Gasteiger partial charge in [-0.05, 0) is 36.5 Å². The Morgan fingerprint density at radius 1 is 1.38 bits per heavy atom. The molecule has 16 heavy (non-hydrogen) atoms. The number of carbonyl (C=O) groups excluding carboxylic acids is 1. The van der Waals surface area contributed by atoms with Gasteiger partial charge in [0.05, 0.1) is 11.9 Å². The molecule has 0 atom stereocenters. The SMILES string of the molecule is O=Cc1cccc(-n2cc(C3CC3)cn2)c1. The van der Waals surface area contributed by atoms with Crippen molar-refractivity contribution in [1.29, 1.82) is 0 Å². The third-order valence-corrected chi connectivity index (χ3v) is 2.92. The van der Waals surface area contributed by atoms with Crippen molar-refractivity contribution in [3.05, 3.63) is 47.8 Å². The summed E-state index contributed by atoms with van der Waals surface area (Å²) in [6.45, 7) is 0. The van der Waals surface area contributed by atoms with E-state index in [1.165, 1.54) is 18.4 Å². The van der Waals surface area contributed by atoms with Gasteiger partial charge in [0.2, 0.25) is 0 Å². The molecule has 80 valence electrons. The minimum Gasteiger partial charge on any atom is -0.298 e. The topological polar surface area (TPSA) is 34.9 Å². The Morgan fingerprint density at radius 2 is 2.25 bits per heavy atom. The van der Waals surface area contributed by atoms with Crippen molar-refractivity contribution in [1.82, 2.24) is 9.78 Å². The van der Waals surface area contributed by atoms with Gasteiger partial charge in [-0.1, -0.05) is 12.1 Å². The summed E-state index contributed by atoms with van der Waals surface area (Å²) in [4.78, 5) is 10.7. The maximum Gasteiger partial charge on any atom is 0.150 e. The second-order valence-corrected chi connectivity index (χ2v) is 4.21. The lowest BCUT2D eigenvalue weighted by molar-refractivity contribution is 0.112. The minimum atomic E-state index is 0.681. The summed E-state index contributed by atoms with van der Waals surface area (Å²) >= 11 is 0. The van der Waals surface area contributed by atoms with Crippen molar-refractivity contribution < 1.29 is 4.79 Å². The first-order chi connectivity index (χ1) is 7.86. The highest BCUT2D eigenvalue weighted by molar-refractivity contribution is 5.75. The molecule has 2 aromatic rings. The molecule has 1 saturated carbocycles. The normalized spacial score (nSPS) is 15.0. The smallest absolute Gasteiger partial charge is 0.150 e. The number of aldehydes is 1. The Labute approximate surface area is 93.7 Å². The van der Waals surface area contributed by atoms with Gasteiger partial charge >= 0.3 is 0 Å². The third kappa shape index (κ3) is 1.65. The lowest BCUT2D eigenvalue weighted by atomic mass is 10.2. The van der Waals surface area contributed by atoms with Crippen LogP contribution in [-0.2, 0) is 0 Å². The van der Waals surface area contributed by atoms with E-state index in [-0.39, 0.29) is 0 Å². The third-order valence-electron chi connectivity index (χ3n) is 2.92. The fourth-order valence-corrected chi connectivity index (χ4v) is 1.85. The molecule has 1 aromatic carbocycles. The van der Waals surface area contributed by atoms with Gasteiger partial charge in [0.25, 0.3) is 0 Å². The molecule has 0 spiro atoms. The number of rotatable bonds is 3. The first-order valence-electron chi connectivity index (χ1n) is 5.47. The number of aromatic nitrogens is 2. The molecule has 3 heteroatoms. The molecule has 1 aliphatic rings. The standard InChI is InChI=1S/C13H12N2O/c16-9-10-2-1-3-13(6-10)15-8-12(7-14-15)11-4-5-11/h1-3,6-9,11H,4-5H2. The average Bonchev–Trinajstić information content (AvgIpc) is 3.07. The van der Waals surface area contributed by atoms with Gasteiger partial charge in [-0.15, -0.1) is 0 Å². The molecular formula is C13H12N2O. The summed E-state index contributed by atoms with van der Waals surface area (Å²) in [6.07, 6.45) is 7.39. The quantitative estimate of drug-likeness (QED) is 0.733. The Kier molecular flexibility index (Phi) is 2.10. The van der Waals surface area contributed by atoms with Gasteiger partial charge in [-0.25, -0.2) is 4.68 Å². The molecule has 0 saturated heterocycles. The Balaban J connectivity index is 1.96. The van der Waals surface area contributed by atoms with Crippen molar-refractivity contribution in [2.45, 2.75) is 18.8 Å². The van der Waals surface area contributed by atoms with Crippen LogP contribution in [0.2, 0.25) is 0 Å². The van der Waals surface area contributed by atoms with Crippen molar-refractivity contribution in [2.75, 3.05) is 0 Å². The van der Waals surface area contributed by atoms with Crippen LogP contribution >= 0.6 is 0 Å². The summed E-state index contributed by atoms with van der Waals surface area (Å²) in [6, 6.07) is 7.46. The molecule has 1 fully saturated rings. The van der Waals surface area contributed by atoms with E-state index in [4.69, 9.17) is 0 Å². The van der Waals surface area contributed by atoms with E-state index in [0.717, 1.165) is 12.0 Å². The molecule has 3 rings (SSSR count). The predicted molar refractivity (Wildman–Crippen MR) is 60.9 cm³/mol. The molecule has 0 unspecified atom stereocenters. The number of hydrogen-bond acceptors (Lipinski definition) is 2. The van der Waals surface area contributed by atoms with Crippen LogP contribution in [0.5, 0.6) is 0 Å². The Hall–Kier alpha value is -1.90. The number of benzene rings is 1. The fourth-order valence-electron chi connectivity index (χ4n) is 1.85. The number of nitrogens with zero attached hydrogens (tertiary/aromatic N) is 2. The van der Waals surface area contributed by atoms with Crippen molar-refractivity contribution in [3.63, 3.8) is 0 Å². The van der Waals surface area contributed by atoms with E-state index in [0.29, 0.717) is 11.5 Å². The zero-order valence-electron chi connectivity index (χ0n) is 8.84. The van der Waals surface area contributed by atoms with Gasteiger partial charge in [0.1, 0.15) is 6.29 Å². The molecular weight excluding hydrogens is 200 g/mol. The second-order valence-electron chi connectivity index (χ2n) is 4.21. The van der Waals surface area contributed by atoms with Gasteiger partial charge in [-0.2, -0.15) is 5.10 Å². The summed E-state index contributed by atoms with van der Waals surface area (Å²) in [7, 11) is 0. The van der Waals surface area contributed by atoms with Gasteiger partial charge in [0, 0.05) is 11.8 Å². The van der Waals surface area contributed by atoms with Crippen LogP contribution < -0.4 is 0 Å².